The van der Waals surface area contributed by atoms with Crippen LogP contribution in [0.1, 0.15) is 38.2 Å². The molecule has 0 aliphatic heterocycles. The third-order valence-corrected chi connectivity index (χ3v) is 4.44. The van der Waals surface area contributed by atoms with Gasteiger partial charge in [-0.05, 0) is 37.0 Å². The summed E-state index contributed by atoms with van der Waals surface area (Å²) in [5.74, 6) is -0.495. The maximum Gasteiger partial charge on any atom is 0.305 e. The topological polar surface area (TPSA) is 72.5 Å². The molecule has 0 spiro atoms. The SMILES string of the molecule is CCCCc1ccc(NS(=O)(=O)CCCC(=O)OC)cc1. The van der Waals surface area contributed by atoms with Crippen LogP contribution in [0.15, 0.2) is 24.3 Å². The molecule has 0 saturated heterocycles. The highest BCUT2D eigenvalue weighted by atomic mass is 32.2. The number of unbranched alkanes of at least 4 members (excludes halogenated alkanes) is 1. The summed E-state index contributed by atoms with van der Waals surface area (Å²) in [5.41, 5.74) is 1.75. The lowest BCUT2D eigenvalue weighted by atomic mass is 10.1. The zero-order chi connectivity index (χ0) is 15.7. The molecular formula is C15H23NO4S. The van der Waals surface area contributed by atoms with Gasteiger partial charge in [-0.1, -0.05) is 25.5 Å². The molecule has 6 heteroatoms. The molecule has 118 valence electrons. The molecule has 0 atom stereocenters. The summed E-state index contributed by atoms with van der Waals surface area (Å²) >= 11 is 0. The average molecular weight is 313 g/mol. The first-order valence-corrected chi connectivity index (χ1v) is 8.78. The Balaban J connectivity index is 2.49. The van der Waals surface area contributed by atoms with Crippen LogP contribution in [-0.2, 0) is 26.0 Å². The second-order valence-electron chi connectivity index (χ2n) is 4.90. The van der Waals surface area contributed by atoms with Gasteiger partial charge in [0.15, 0.2) is 0 Å². The Labute approximate surface area is 126 Å². The lowest BCUT2D eigenvalue weighted by molar-refractivity contribution is -0.140. The normalized spacial score (nSPS) is 11.1. The quantitative estimate of drug-likeness (QED) is 0.711. The van der Waals surface area contributed by atoms with Gasteiger partial charge in [-0.15, -0.1) is 0 Å². The highest BCUT2D eigenvalue weighted by Crippen LogP contribution is 2.14. The van der Waals surface area contributed by atoms with Gasteiger partial charge >= 0.3 is 5.97 Å². The van der Waals surface area contributed by atoms with E-state index in [1.165, 1.54) is 12.7 Å². The molecule has 0 amide bonds. The zero-order valence-corrected chi connectivity index (χ0v) is 13.4. The lowest BCUT2D eigenvalue weighted by Crippen LogP contribution is -2.17. The number of benzene rings is 1. The lowest BCUT2D eigenvalue weighted by Gasteiger charge is -2.08. The van der Waals surface area contributed by atoms with Crippen molar-refractivity contribution in [3.8, 4) is 0 Å². The maximum atomic E-state index is 11.9. The third-order valence-electron chi connectivity index (χ3n) is 3.07. The molecule has 0 fully saturated rings. The van der Waals surface area contributed by atoms with Crippen LogP contribution in [0, 0.1) is 0 Å². The van der Waals surface area contributed by atoms with E-state index >= 15 is 0 Å². The average Bonchev–Trinajstić information content (AvgIpc) is 2.45. The number of aryl methyl sites for hydroxylation is 1. The highest BCUT2D eigenvalue weighted by molar-refractivity contribution is 7.92. The Kier molecular flexibility index (Phi) is 7.22. The molecule has 0 heterocycles. The van der Waals surface area contributed by atoms with E-state index in [-0.39, 0.29) is 18.6 Å². The molecule has 0 bridgehead atoms. The van der Waals surface area contributed by atoms with E-state index in [4.69, 9.17) is 0 Å². The van der Waals surface area contributed by atoms with Crippen molar-refractivity contribution in [1.82, 2.24) is 0 Å². The van der Waals surface area contributed by atoms with Crippen LogP contribution < -0.4 is 4.72 Å². The number of esters is 1. The van der Waals surface area contributed by atoms with Crippen LogP contribution in [0.25, 0.3) is 0 Å². The van der Waals surface area contributed by atoms with Crippen LogP contribution in [0.5, 0.6) is 0 Å². The zero-order valence-electron chi connectivity index (χ0n) is 12.6. The standard InChI is InChI=1S/C15H23NO4S/c1-3-4-6-13-8-10-14(11-9-13)16-21(18,19)12-5-7-15(17)20-2/h8-11,16H,3-7,12H2,1-2H3. The first-order chi connectivity index (χ1) is 9.96. The van der Waals surface area contributed by atoms with Crippen molar-refractivity contribution < 1.29 is 17.9 Å². The van der Waals surface area contributed by atoms with Crippen LogP contribution in [0.4, 0.5) is 5.69 Å². The number of hydrogen-bond donors (Lipinski definition) is 1. The number of carbonyl (C=O) groups is 1. The molecular weight excluding hydrogens is 290 g/mol. The minimum Gasteiger partial charge on any atom is -0.469 e. The van der Waals surface area contributed by atoms with E-state index in [2.05, 4.69) is 16.4 Å². The summed E-state index contributed by atoms with van der Waals surface area (Å²) in [5, 5.41) is 0. The first kappa shape index (κ1) is 17.5. The second kappa shape index (κ2) is 8.67. The molecule has 0 radical (unpaired) electrons. The monoisotopic (exact) mass is 313 g/mol. The van der Waals surface area contributed by atoms with Gasteiger partial charge in [-0.3, -0.25) is 9.52 Å². The highest BCUT2D eigenvalue weighted by Gasteiger charge is 2.11. The maximum absolute atomic E-state index is 11.9. The van der Waals surface area contributed by atoms with Crippen LogP contribution in [0.3, 0.4) is 0 Å². The molecule has 0 aromatic heterocycles. The Morgan fingerprint density at radius 1 is 1.19 bits per heavy atom. The van der Waals surface area contributed by atoms with Gasteiger partial charge in [-0.25, -0.2) is 8.42 Å². The minimum absolute atomic E-state index is 0.0975. The number of rotatable bonds is 9. The summed E-state index contributed by atoms with van der Waals surface area (Å²) in [7, 11) is -2.14. The number of hydrogen-bond acceptors (Lipinski definition) is 4. The van der Waals surface area contributed by atoms with Crippen molar-refractivity contribution in [2.24, 2.45) is 0 Å². The fourth-order valence-electron chi connectivity index (χ4n) is 1.86. The second-order valence-corrected chi connectivity index (χ2v) is 6.74. The van der Waals surface area contributed by atoms with Gasteiger partial charge in [0.2, 0.25) is 10.0 Å². The predicted molar refractivity (Wildman–Crippen MR) is 83.7 cm³/mol. The van der Waals surface area contributed by atoms with Crippen molar-refractivity contribution in [2.45, 2.75) is 39.0 Å². The Bertz CT molecular complexity index is 537. The van der Waals surface area contributed by atoms with Crippen molar-refractivity contribution in [3.05, 3.63) is 29.8 Å². The smallest absolute Gasteiger partial charge is 0.305 e. The number of sulfonamides is 1. The van der Waals surface area contributed by atoms with Crippen molar-refractivity contribution >= 4 is 21.7 Å². The van der Waals surface area contributed by atoms with Gasteiger partial charge in [0.25, 0.3) is 0 Å². The first-order valence-electron chi connectivity index (χ1n) is 7.13. The summed E-state index contributed by atoms with van der Waals surface area (Å²) in [4.78, 5) is 10.9. The van der Waals surface area contributed by atoms with E-state index < -0.39 is 16.0 Å². The molecule has 5 nitrogen and oxygen atoms in total. The van der Waals surface area contributed by atoms with Crippen LogP contribution in [-0.4, -0.2) is 27.2 Å². The third kappa shape index (κ3) is 7.13. The van der Waals surface area contributed by atoms with Crippen molar-refractivity contribution in [1.29, 1.82) is 0 Å². The largest absolute Gasteiger partial charge is 0.469 e. The molecule has 0 saturated carbocycles. The van der Waals surface area contributed by atoms with E-state index in [0.29, 0.717) is 5.69 Å². The number of anilines is 1. The number of carbonyl (C=O) groups excluding carboxylic acids is 1. The van der Waals surface area contributed by atoms with Gasteiger partial charge < -0.3 is 4.74 Å². The summed E-state index contributed by atoms with van der Waals surface area (Å²) in [6.45, 7) is 2.14. The van der Waals surface area contributed by atoms with Crippen LogP contribution in [0.2, 0.25) is 0 Å². The Morgan fingerprint density at radius 2 is 1.86 bits per heavy atom. The van der Waals surface area contributed by atoms with Crippen LogP contribution >= 0.6 is 0 Å². The number of ether oxygens (including phenoxy) is 1. The van der Waals surface area contributed by atoms with Gasteiger partial charge in [0.1, 0.15) is 0 Å². The van der Waals surface area contributed by atoms with E-state index in [9.17, 15) is 13.2 Å². The van der Waals surface area contributed by atoms with E-state index in [0.717, 1.165) is 19.3 Å². The Morgan fingerprint density at radius 3 is 2.43 bits per heavy atom. The molecule has 1 rings (SSSR count). The summed E-state index contributed by atoms with van der Waals surface area (Å²) in [6.07, 6.45) is 3.61. The minimum atomic E-state index is -3.43. The molecule has 1 aromatic carbocycles. The van der Waals surface area contributed by atoms with Gasteiger partial charge in [-0.2, -0.15) is 0 Å². The molecule has 0 unspecified atom stereocenters. The molecule has 1 aromatic rings. The molecule has 1 N–H and O–H groups in total. The number of nitrogens with one attached hydrogen (secondary N) is 1. The fraction of sp³-hybridized carbons (Fsp3) is 0.533. The van der Waals surface area contributed by atoms with Crippen molar-refractivity contribution in [3.63, 3.8) is 0 Å². The Hall–Kier alpha value is -1.56. The molecule has 0 aliphatic rings. The number of methoxy groups -OCH3 is 1. The predicted octanol–water partition coefficient (Wildman–Crippen LogP) is 2.72. The van der Waals surface area contributed by atoms with Gasteiger partial charge in [0.05, 0.1) is 12.9 Å². The van der Waals surface area contributed by atoms with Crippen molar-refractivity contribution in [2.75, 3.05) is 17.6 Å². The molecule has 21 heavy (non-hydrogen) atoms. The fourth-order valence-corrected chi connectivity index (χ4v) is 2.98. The summed E-state index contributed by atoms with van der Waals surface area (Å²) in [6, 6.07) is 7.40. The van der Waals surface area contributed by atoms with Gasteiger partial charge in [0, 0.05) is 12.1 Å². The summed E-state index contributed by atoms with van der Waals surface area (Å²) < 4.78 is 30.7. The van der Waals surface area contributed by atoms with E-state index in [1.807, 2.05) is 12.1 Å². The van der Waals surface area contributed by atoms with E-state index in [1.54, 1.807) is 12.1 Å². The molecule has 0 aliphatic carbocycles.